The van der Waals surface area contributed by atoms with Crippen LogP contribution in [-0.4, -0.2) is 59.2 Å². The van der Waals surface area contributed by atoms with E-state index in [9.17, 15) is 9.59 Å². The number of carbonyl (C=O) groups excluding carboxylic acids is 2. The molecule has 1 aromatic rings. The van der Waals surface area contributed by atoms with Crippen LogP contribution >= 0.6 is 24.0 Å². The van der Waals surface area contributed by atoms with Crippen molar-refractivity contribution >= 4 is 46.2 Å². The molecule has 0 aliphatic carbocycles. The molecule has 0 spiro atoms. The van der Waals surface area contributed by atoms with E-state index in [1.807, 2.05) is 12.1 Å². The maximum atomic E-state index is 12.2. The maximum Gasteiger partial charge on any atom is 0.265 e. The Hall–Kier alpha value is -1.70. The second-order valence-electron chi connectivity index (χ2n) is 6.00. The Morgan fingerprint density at radius 1 is 1.27 bits per heavy atom. The molecule has 26 heavy (non-hydrogen) atoms. The van der Waals surface area contributed by atoms with Crippen LogP contribution in [0.2, 0.25) is 0 Å². The van der Waals surface area contributed by atoms with Gasteiger partial charge in [-0.3, -0.25) is 14.5 Å². The number of thiocarbonyl (C=S) groups is 1. The van der Waals surface area contributed by atoms with Gasteiger partial charge in [0.15, 0.2) is 0 Å². The van der Waals surface area contributed by atoms with Gasteiger partial charge >= 0.3 is 0 Å². The van der Waals surface area contributed by atoms with Crippen LogP contribution in [0, 0.1) is 0 Å². The van der Waals surface area contributed by atoms with Crippen molar-refractivity contribution in [2.45, 2.75) is 20.3 Å². The van der Waals surface area contributed by atoms with Crippen LogP contribution in [0.3, 0.4) is 0 Å². The number of nitrogens with zero attached hydrogens (tertiary/aromatic N) is 2. The summed E-state index contributed by atoms with van der Waals surface area (Å²) >= 11 is 6.41. The number of likely N-dealkylation sites (N-methyl/N-ethyl adjacent to an activating group) is 1. The molecule has 0 saturated carbocycles. The van der Waals surface area contributed by atoms with Crippen LogP contribution < -0.4 is 5.32 Å². The first-order valence-corrected chi connectivity index (χ1v) is 10.0. The van der Waals surface area contributed by atoms with Gasteiger partial charge in [0.1, 0.15) is 4.32 Å². The summed E-state index contributed by atoms with van der Waals surface area (Å²) in [6, 6.07) is 7.23. The predicted octanol–water partition coefficient (Wildman–Crippen LogP) is 2.98. The van der Waals surface area contributed by atoms with Crippen molar-refractivity contribution in [3.8, 4) is 0 Å². The van der Waals surface area contributed by atoms with Crippen molar-refractivity contribution in [3.63, 3.8) is 0 Å². The van der Waals surface area contributed by atoms with Crippen molar-refractivity contribution in [1.29, 1.82) is 0 Å². The molecule has 7 heteroatoms. The smallest absolute Gasteiger partial charge is 0.265 e. The first-order valence-electron chi connectivity index (χ1n) is 8.78. The molecule has 0 bridgehead atoms. The first-order chi connectivity index (χ1) is 12.5. The van der Waals surface area contributed by atoms with Crippen molar-refractivity contribution in [2.24, 2.45) is 0 Å². The average molecular weight is 392 g/mol. The fourth-order valence-electron chi connectivity index (χ4n) is 2.57. The fourth-order valence-corrected chi connectivity index (χ4v) is 3.75. The number of amides is 2. The number of carbonyl (C=O) groups is 2. The third-order valence-electron chi connectivity index (χ3n) is 4.29. The van der Waals surface area contributed by atoms with Crippen molar-refractivity contribution < 1.29 is 9.59 Å². The Morgan fingerprint density at radius 3 is 2.46 bits per heavy atom. The van der Waals surface area contributed by atoms with Gasteiger partial charge in [-0.1, -0.05) is 50.0 Å². The molecular weight excluding hydrogens is 366 g/mol. The molecule has 1 aliphatic heterocycles. The number of rotatable bonds is 8. The van der Waals surface area contributed by atoms with Crippen LogP contribution in [0.1, 0.15) is 36.2 Å². The quantitative estimate of drug-likeness (QED) is 0.419. The molecule has 1 aromatic carbocycles. The molecule has 0 atom stereocenters. The zero-order valence-electron chi connectivity index (χ0n) is 15.4. The summed E-state index contributed by atoms with van der Waals surface area (Å²) in [6.07, 6.45) is 2.74. The van der Waals surface area contributed by atoms with Crippen molar-refractivity contribution in [2.75, 3.05) is 33.2 Å². The van der Waals surface area contributed by atoms with E-state index >= 15 is 0 Å². The van der Waals surface area contributed by atoms with Crippen molar-refractivity contribution in [1.82, 2.24) is 15.1 Å². The molecule has 0 radical (unpaired) electrons. The maximum absolute atomic E-state index is 12.2. The SMILES string of the molecule is CCN(CC)CCCNC(=O)c1ccc(C=C2SC(=S)N(C)C2=O)cc1. The summed E-state index contributed by atoms with van der Waals surface area (Å²) in [7, 11) is 1.67. The lowest BCUT2D eigenvalue weighted by atomic mass is 10.1. The average Bonchev–Trinajstić information content (AvgIpc) is 2.89. The van der Waals surface area contributed by atoms with Gasteiger partial charge in [0.05, 0.1) is 4.91 Å². The van der Waals surface area contributed by atoms with E-state index in [0.717, 1.165) is 31.6 Å². The summed E-state index contributed by atoms with van der Waals surface area (Å²) in [5.74, 6) is -0.161. The van der Waals surface area contributed by atoms with E-state index in [4.69, 9.17) is 12.2 Å². The fraction of sp³-hybridized carbons (Fsp3) is 0.421. The Balaban J connectivity index is 1.88. The van der Waals surface area contributed by atoms with Crippen LogP contribution in [0.15, 0.2) is 29.2 Å². The van der Waals surface area contributed by atoms with Gasteiger partial charge in [-0.25, -0.2) is 0 Å². The predicted molar refractivity (Wildman–Crippen MR) is 112 cm³/mol. The second-order valence-corrected chi connectivity index (χ2v) is 7.67. The minimum Gasteiger partial charge on any atom is -0.352 e. The second kappa shape index (κ2) is 9.85. The minimum absolute atomic E-state index is 0.0732. The van der Waals surface area contributed by atoms with E-state index < -0.39 is 0 Å². The summed E-state index contributed by atoms with van der Waals surface area (Å²) in [6.45, 7) is 7.99. The third kappa shape index (κ3) is 5.40. The first kappa shape index (κ1) is 20.6. The van der Waals surface area contributed by atoms with Gasteiger partial charge in [0, 0.05) is 19.2 Å². The van der Waals surface area contributed by atoms with Gasteiger partial charge in [-0.15, -0.1) is 0 Å². The number of hydrogen-bond acceptors (Lipinski definition) is 5. The van der Waals surface area contributed by atoms with Crippen molar-refractivity contribution in [3.05, 3.63) is 40.3 Å². The Labute approximate surface area is 164 Å². The van der Waals surface area contributed by atoms with Crippen LogP contribution in [0.4, 0.5) is 0 Å². The molecule has 0 unspecified atom stereocenters. The third-order valence-corrected chi connectivity index (χ3v) is 5.77. The van der Waals surface area contributed by atoms with Gasteiger partial charge in [0.25, 0.3) is 11.8 Å². The summed E-state index contributed by atoms with van der Waals surface area (Å²) < 4.78 is 0.557. The molecule has 2 amide bonds. The standard InChI is InChI=1S/C19H25N3O2S2/c1-4-22(5-2)12-6-11-20-17(23)15-9-7-14(8-10-15)13-16-18(24)21(3)19(25)26-16/h7-10,13H,4-6,11-12H2,1-3H3,(H,20,23). The van der Waals surface area contributed by atoms with E-state index in [-0.39, 0.29) is 11.8 Å². The molecule has 1 N–H and O–H groups in total. The van der Waals surface area contributed by atoms with E-state index in [1.54, 1.807) is 25.3 Å². The Morgan fingerprint density at radius 2 is 1.92 bits per heavy atom. The number of nitrogens with one attached hydrogen (secondary N) is 1. The summed E-state index contributed by atoms with van der Waals surface area (Å²) in [5.41, 5.74) is 1.49. The number of benzene rings is 1. The number of hydrogen-bond donors (Lipinski definition) is 1. The zero-order chi connectivity index (χ0) is 19.1. The summed E-state index contributed by atoms with van der Waals surface area (Å²) in [5, 5.41) is 2.95. The van der Waals surface area contributed by atoms with Crippen LogP contribution in [0.25, 0.3) is 6.08 Å². The highest BCUT2D eigenvalue weighted by atomic mass is 32.2. The van der Waals surface area contributed by atoms with E-state index in [2.05, 4.69) is 24.1 Å². The van der Waals surface area contributed by atoms with Gasteiger partial charge < -0.3 is 10.2 Å². The highest BCUT2D eigenvalue weighted by Crippen LogP contribution is 2.31. The highest BCUT2D eigenvalue weighted by Gasteiger charge is 2.28. The molecule has 1 aliphatic rings. The molecule has 0 aromatic heterocycles. The largest absolute Gasteiger partial charge is 0.352 e. The van der Waals surface area contributed by atoms with Gasteiger partial charge in [0.2, 0.25) is 0 Å². The van der Waals surface area contributed by atoms with Gasteiger partial charge in [-0.05, 0) is 49.8 Å². The zero-order valence-corrected chi connectivity index (χ0v) is 17.1. The molecule has 140 valence electrons. The monoisotopic (exact) mass is 391 g/mol. The normalized spacial score (nSPS) is 16.0. The summed E-state index contributed by atoms with van der Waals surface area (Å²) in [4.78, 5) is 28.6. The minimum atomic E-state index is -0.0879. The van der Waals surface area contributed by atoms with Crippen LogP contribution in [-0.2, 0) is 4.79 Å². The molecule has 2 rings (SSSR count). The molecule has 1 heterocycles. The highest BCUT2D eigenvalue weighted by molar-refractivity contribution is 8.26. The van der Waals surface area contributed by atoms with Crippen LogP contribution in [0.5, 0.6) is 0 Å². The lowest BCUT2D eigenvalue weighted by molar-refractivity contribution is -0.121. The number of thioether (sulfide) groups is 1. The topological polar surface area (TPSA) is 52.7 Å². The lowest BCUT2D eigenvalue weighted by Crippen LogP contribution is -2.29. The van der Waals surface area contributed by atoms with E-state index in [0.29, 0.717) is 21.3 Å². The van der Waals surface area contributed by atoms with Gasteiger partial charge in [-0.2, -0.15) is 0 Å². The molecule has 5 nitrogen and oxygen atoms in total. The Kier molecular flexibility index (Phi) is 7.81. The molecule has 1 saturated heterocycles. The molecule has 1 fully saturated rings. The Bertz CT molecular complexity index is 697. The van der Waals surface area contributed by atoms with E-state index in [1.165, 1.54) is 16.7 Å². The molecular formula is C19H25N3O2S2. The lowest BCUT2D eigenvalue weighted by Gasteiger charge is -2.17.